The lowest BCUT2D eigenvalue weighted by molar-refractivity contribution is -0.214. The summed E-state index contributed by atoms with van der Waals surface area (Å²) in [5.74, 6) is 4.01. The van der Waals surface area contributed by atoms with Crippen LogP contribution in [0.1, 0.15) is 151 Å². The Morgan fingerprint density at radius 3 is 2.37 bits per heavy atom. The van der Waals surface area contributed by atoms with Crippen molar-refractivity contribution in [2.24, 2.45) is 56.7 Å². The molecule has 7 rings (SSSR count). The number of allylic oxidation sites excluding steroid dienone is 5. The molecule has 6 aliphatic rings. The summed E-state index contributed by atoms with van der Waals surface area (Å²) in [7, 11) is -5.25. The molecule has 4 fully saturated rings. The first-order chi connectivity index (χ1) is 31.3. The normalized spacial score (nSPS) is 34.5. The van der Waals surface area contributed by atoms with Crippen molar-refractivity contribution in [3.8, 4) is 11.9 Å². The van der Waals surface area contributed by atoms with Crippen LogP contribution in [0.5, 0.6) is 5.88 Å². The van der Waals surface area contributed by atoms with E-state index >= 15 is 0 Å². The van der Waals surface area contributed by atoms with Crippen LogP contribution in [0.4, 0.5) is 0 Å². The first-order valence-corrected chi connectivity index (χ1v) is 31.0. The highest BCUT2D eigenvalue weighted by atomic mass is 32.2. The topological polar surface area (TPSA) is 122 Å². The zero-order chi connectivity index (χ0) is 48.8. The highest BCUT2D eigenvalue weighted by Crippen LogP contribution is 2.75. The Morgan fingerprint density at radius 2 is 1.72 bits per heavy atom. The fraction of sp³-hybridized carbons (Fsp3) is 0.768. The molecule has 0 aromatic carbocycles. The summed E-state index contributed by atoms with van der Waals surface area (Å²) in [6.07, 6.45) is 19.6. The standard InChI is InChI=1S/C56H88N4O5SSi/c1-40(2)43(18-15-31-58-32-33-60-34-36-66(62,63)37-35-60)44-17-14-26-54(9)46(44)20-21-48-53(8)27-24-45(52(6,7)47(53)25-28-55(48,54)10)41-22-29-56(30-23-41,50(61)65-67(11,12)51(3,4)5)39-64-49-19-13-16-42(38-57)59-49/h13,16,19,22,24,43-44,46-48,58H,1,14-15,17-18,20-21,23,25-37,39H2,2-12H3/t43-,44+,46+,47-,48+,53-,54+,55+,56?/m0/s1. The summed E-state index contributed by atoms with van der Waals surface area (Å²) in [5, 5.41) is 13.1. The molecule has 0 bridgehead atoms. The molecule has 9 nitrogen and oxygen atoms in total. The molecule has 3 saturated carbocycles. The largest absolute Gasteiger partial charge is 0.519 e. The smallest absolute Gasteiger partial charge is 0.302 e. The molecule has 1 N–H and O–H groups in total. The Labute approximate surface area is 407 Å². The number of nitrogens with one attached hydrogen (secondary N) is 1. The zero-order valence-corrected chi connectivity index (χ0v) is 45.4. The molecule has 0 amide bonds. The Hall–Kier alpha value is -2.78. The fourth-order valence-corrected chi connectivity index (χ4v) is 17.3. The average molecular weight is 957 g/mol. The molecule has 1 unspecified atom stereocenters. The van der Waals surface area contributed by atoms with Crippen LogP contribution < -0.4 is 10.1 Å². The SMILES string of the molecule is C=C(C)[C@H](CCCNCCN1CCS(=O)(=O)CC1)[C@H]1CCC[C@]2(C)[C@@H]1CC[C@@H]1[C@@]3(C)CC=C(C4=CCC(COc5cccc(C#N)n5)(C(=O)O[Si](C)(C)C(C)(C)C)CC4)C(C)(C)[C@@H]3CC[C@]12C. The lowest BCUT2D eigenvalue weighted by atomic mass is 9.33. The van der Waals surface area contributed by atoms with E-state index in [-0.39, 0.29) is 33.9 Å². The van der Waals surface area contributed by atoms with Crippen molar-refractivity contribution in [3.63, 3.8) is 0 Å². The van der Waals surface area contributed by atoms with Crippen molar-refractivity contribution in [1.82, 2.24) is 15.2 Å². The lowest BCUT2D eigenvalue weighted by Gasteiger charge is -2.71. The van der Waals surface area contributed by atoms with Gasteiger partial charge in [0.15, 0.2) is 9.84 Å². The van der Waals surface area contributed by atoms with Crippen LogP contribution in [0, 0.1) is 68.0 Å². The Kier molecular flexibility index (Phi) is 15.1. The molecule has 0 radical (unpaired) electrons. The minimum absolute atomic E-state index is 0.000327. The van der Waals surface area contributed by atoms with E-state index in [1.807, 2.05) is 0 Å². The first-order valence-electron chi connectivity index (χ1n) is 26.2. The maximum atomic E-state index is 14.5. The average Bonchev–Trinajstić information content (AvgIpc) is 3.25. The van der Waals surface area contributed by atoms with E-state index in [1.165, 1.54) is 68.1 Å². The number of pyridine rings is 1. The molecule has 1 aromatic rings. The van der Waals surface area contributed by atoms with E-state index in [0.717, 1.165) is 44.8 Å². The monoisotopic (exact) mass is 957 g/mol. The van der Waals surface area contributed by atoms with Gasteiger partial charge in [0.2, 0.25) is 5.88 Å². The Balaban J connectivity index is 1.05. The molecule has 1 aliphatic heterocycles. The summed E-state index contributed by atoms with van der Waals surface area (Å²) in [4.78, 5) is 21.1. The number of hydrogen-bond donors (Lipinski definition) is 1. The molecule has 67 heavy (non-hydrogen) atoms. The molecule has 372 valence electrons. The molecular weight excluding hydrogens is 869 g/mol. The minimum atomic E-state index is -2.84. The summed E-state index contributed by atoms with van der Waals surface area (Å²) < 4.78 is 36.6. The maximum absolute atomic E-state index is 14.5. The van der Waals surface area contributed by atoms with Crippen molar-refractivity contribution in [3.05, 3.63) is 59.3 Å². The highest BCUT2D eigenvalue weighted by Gasteiger charge is 2.67. The molecule has 1 aromatic heterocycles. The zero-order valence-electron chi connectivity index (χ0n) is 43.6. The fourth-order valence-electron chi connectivity index (χ4n) is 15.1. The van der Waals surface area contributed by atoms with Gasteiger partial charge in [-0.3, -0.25) is 4.79 Å². The van der Waals surface area contributed by atoms with Crippen LogP contribution in [0.15, 0.2) is 53.6 Å². The van der Waals surface area contributed by atoms with Gasteiger partial charge in [-0.15, -0.1) is 0 Å². The molecule has 5 aliphatic carbocycles. The predicted octanol–water partition coefficient (Wildman–Crippen LogP) is 11.9. The number of nitrogens with zero attached hydrogens (tertiary/aromatic N) is 3. The van der Waals surface area contributed by atoms with Gasteiger partial charge in [0.25, 0.3) is 8.32 Å². The van der Waals surface area contributed by atoms with E-state index in [9.17, 15) is 18.5 Å². The number of sulfone groups is 1. The van der Waals surface area contributed by atoms with Gasteiger partial charge in [0.05, 0.1) is 11.5 Å². The number of carbonyl (C=O) groups is 1. The van der Waals surface area contributed by atoms with Gasteiger partial charge in [-0.1, -0.05) is 92.2 Å². The van der Waals surface area contributed by atoms with Crippen LogP contribution in [0.25, 0.3) is 0 Å². The van der Waals surface area contributed by atoms with Crippen molar-refractivity contribution < 1.29 is 22.4 Å². The quantitative estimate of drug-likeness (QED) is 0.104. The van der Waals surface area contributed by atoms with Gasteiger partial charge in [-0.05, 0) is 177 Å². The first kappa shape index (κ1) is 52.1. The van der Waals surface area contributed by atoms with Gasteiger partial charge >= 0.3 is 5.97 Å². The molecule has 9 atom stereocenters. The third kappa shape index (κ3) is 10.1. The number of nitriles is 1. The predicted molar refractivity (Wildman–Crippen MR) is 275 cm³/mol. The number of fused-ring (bicyclic) bond motifs is 5. The van der Waals surface area contributed by atoms with E-state index in [1.54, 1.807) is 18.2 Å². The molecular formula is C56H88N4O5SSi. The summed E-state index contributed by atoms with van der Waals surface area (Å²) in [5.41, 5.74) is 4.52. The Morgan fingerprint density at radius 1 is 0.985 bits per heavy atom. The number of ether oxygens (including phenoxy) is 1. The third-order valence-electron chi connectivity index (χ3n) is 20.2. The van der Waals surface area contributed by atoms with Crippen molar-refractivity contribution in [2.45, 2.75) is 164 Å². The summed E-state index contributed by atoms with van der Waals surface area (Å²) in [6, 6.07) is 7.31. The van der Waals surface area contributed by atoms with Crippen LogP contribution >= 0.6 is 0 Å². The maximum Gasteiger partial charge on any atom is 0.302 e. The van der Waals surface area contributed by atoms with Gasteiger partial charge in [-0.2, -0.15) is 5.26 Å². The summed E-state index contributed by atoms with van der Waals surface area (Å²) >= 11 is 0. The van der Waals surface area contributed by atoms with Crippen molar-refractivity contribution >= 4 is 24.1 Å². The lowest BCUT2D eigenvalue weighted by Crippen LogP contribution is -2.64. The van der Waals surface area contributed by atoms with Crippen LogP contribution in [-0.4, -0.2) is 83.4 Å². The highest BCUT2D eigenvalue weighted by molar-refractivity contribution is 7.91. The van der Waals surface area contributed by atoms with Crippen molar-refractivity contribution in [2.75, 3.05) is 50.8 Å². The van der Waals surface area contributed by atoms with E-state index in [0.29, 0.717) is 78.1 Å². The van der Waals surface area contributed by atoms with E-state index < -0.39 is 23.6 Å². The number of rotatable bonds is 15. The second-order valence-corrected chi connectivity index (χ2v) is 32.3. The van der Waals surface area contributed by atoms with Crippen molar-refractivity contribution in [1.29, 1.82) is 5.26 Å². The number of hydrogen-bond acceptors (Lipinski definition) is 9. The minimum Gasteiger partial charge on any atom is -0.519 e. The van der Waals surface area contributed by atoms with E-state index in [4.69, 9.17) is 9.16 Å². The second-order valence-electron chi connectivity index (χ2n) is 25.2. The van der Waals surface area contributed by atoms with Gasteiger partial charge in [0, 0.05) is 32.2 Å². The number of carbonyl (C=O) groups excluding carboxylic acids is 1. The molecule has 1 saturated heterocycles. The molecule has 0 spiro atoms. The van der Waals surface area contributed by atoms with E-state index in [2.05, 4.69) is 115 Å². The second kappa shape index (κ2) is 19.4. The van der Waals surface area contributed by atoms with Crippen LogP contribution in [-0.2, 0) is 19.1 Å². The Bertz CT molecular complexity index is 2210. The van der Waals surface area contributed by atoms with Crippen LogP contribution in [0.2, 0.25) is 18.1 Å². The van der Waals surface area contributed by atoms with Gasteiger partial charge in [0.1, 0.15) is 23.8 Å². The summed E-state index contributed by atoms with van der Waals surface area (Å²) in [6.45, 7) is 35.3. The molecule has 2 heterocycles. The number of aromatic nitrogens is 1. The van der Waals surface area contributed by atoms with Crippen LogP contribution in [0.3, 0.4) is 0 Å². The molecule has 11 heteroatoms. The van der Waals surface area contributed by atoms with Gasteiger partial charge in [-0.25, -0.2) is 13.4 Å². The van der Waals surface area contributed by atoms with Gasteiger partial charge < -0.3 is 19.4 Å². The third-order valence-corrected chi connectivity index (χ3v) is 26.1.